The summed E-state index contributed by atoms with van der Waals surface area (Å²) in [6, 6.07) is 9.92. The molecule has 0 saturated carbocycles. The van der Waals surface area contributed by atoms with E-state index in [-0.39, 0.29) is 11.4 Å². The number of anilines is 1. The van der Waals surface area contributed by atoms with Crippen LogP contribution in [0, 0.1) is 11.6 Å². The number of carbonyl (C=O) groups excluding carboxylic acids is 1. The quantitative estimate of drug-likeness (QED) is 0.681. The van der Waals surface area contributed by atoms with Crippen molar-refractivity contribution in [3.05, 3.63) is 65.4 Å². The first-order valence-electron chi connectivity index (χ1n) is 7.06. The fraction of sp³-hybridized carbons (Fsp3) is 0.0625. The Bertz CT molecular complexity index is 898. The Hall–Kier alpha value is -2.45. The number of rotatable bonds is 5. The molecule has 1 N–H and O–H groups in total. The van der Waals surface area contributed by atoms with E-state index < -0.39 is 17.5 Å². The smallest absolute Gasteiger partial charge is 0.234 e. The molecular weight excluding hydrogens is 370 g/mol. The molecule has 0 bridgehead atoms. The second-order valence-electron chi connectivity index (χ2n) is 4.96. The highest BCUT2D eigenvalue weighted by molar-refractivity contribution is 7.99. The van der Waals surface area contributed by atoms with E-state index in [4.69, 9.17) is 11.6 Å². The van der Waals surface area contributed by atoms with Crippen LogP contribution >= 0.6 is 23.4 Å². The number of nitrogens with zero attached hydrogens (tertiary/aromatic N) is 3. The van der Waals surface area contributed by atoms with Gasteiger partial charge in [-0.25, -0.2) is 8.78 Å². The largest absolute Gasteiger partial charge is 0.325 e. The van der Waals surface area contributed by atoms with Crippen molar-refractivity contribution in [1.82, 2.24) is 14.8 Å². The predicted octanol–water partition coefficient (Wildman–Crippen LogP) is 3.93. The number of hydrogen-bond donors (Lipinski definition) is 1. The van der Waals surface area contributed by atoms with Gasteiger partial charge in [0.1, 0.15) is 18.0 Å². The Morgan fingerprint density at radius 3 is 2.68 bits per heavy atom. The van der Waals surface area contributed by atoms with Crippen LogP contribution in [0.4, 0.5) is 14.5 Å². The lowest BCUT2D eigenvalue weighted by Crippen LogP contribution is -2.14. The topological polar surface area (TPSA) is 59.8 Å². The van der Waals surface area contributed by atoms with Crippen LogP contribution in [0.25, 0.3) is 5.69 Å². The number of thioether (sulfide) groups is 1. The summed E-state index contributed by atoms with van der Waals surface area (Å²) in [5, 5.41) is 11.3. The third-order valence-corrected chi connectivity index (χ3v) is 4.26. The van der Waals surface area contributed by atoms with Gasteiger partial charge in [-0.1, -0.05) is 29.4 Å². The molecule has 3 aromatic rings. The van der Waals surface area contributed by atoms with E-state index in [1.807, 2.05) is 6.07 Å². The average molecular weight is 381 g/mol. The summed E-state index contributed by atoms with van der Waals surface area (Å²) in [5.74, 6) is -1.94. The Morgan fingerprint density at radius 1 is 1.20 bits per heavy atom. The zero-order chi connectivity index (χ0) is 17.8. The molecule has 3 rings (SSSR count). The normalized spacial score (nSPS) is 10.7. The molecule has 0 radical (unpaired) electrons. The molecule has 9 heteroatoms. The van der Waals surface area contributed by atoms with Crippen molar-refractivity contribution < 1.29 is 13.6 Å². The Balaban J connectivity index is 1.66. The van der Waals surface area contributed by atoms with Crippen molar-refractivity contribution in [2.75, 3.05) is 11.1 Å². The molecule has 0 aliphatic heterocycles. The average Bonchev–Trinajstić information content (AvgIpc) is 3.00. The third kappa shape index (κ3) is 4.55. The molecule has 1 amide bonds. The molecule has 0 unspecified atom stereocenters. The van der Waals surface area contributed by atoms with E-state index in [0.29, 0.717) is 10.2 Å². The zero-order valence-corrected chi connectivity index (χ0v) is 14.2. The number of nitrogens with one attached hydrogen (secondary N) is 1. The molecule has 5 nitrogen and oxygen atoms in total. The molecule has 0 spiro atoms. The fourth-order valence-electron chi connectivity index (χ4n) is 2.08. The SMILES string of the molecule is O=C(CSc1nncn1-c1cccc(Cl)c1)Nc1cc(F)cc(F)c1. The van der Waals surface area contributed by atoms with Gasteiger partial charge in [-0.3, -0.25) is 9.36 Å². The lowest BCUT2D eigenvalue weighted by atomic mass is 10.3. The number of carbonyl (C=O) groups is 1. The molecular formula is C16H11ClF2N4OS. The first-order valence-corrected chi connectivity index (χ1v) is 8.42. The van der Waals surface area contributed by atoms with Crippen LogP contribution in [-0.2, 0) is 4.79 Å². The second kappa shape index (κ2) is 7.62. The highest BCUT2D eigenvalue weighted by atomic mass is 35.5. The minimum absolute atomic E-state index is 0.00259. The van der Waals surface area contributed by atoms with Crippen LogP contribution < -0.4 is 5.32 Å². The van der Waals surface area contributed by atoms with Crippen LogP contribution in [0.5, 0.6) is 0 Å². The van der Waals surface area contributed by atoms with Gasteiger partial charge >= 0.3 is 0 Å². The van der Waals surface area contributed by atoms with Gasteiger partial charge in [0, 0.05) is 16.8 Å². The van der Waals surface area contributed by atoms with Crippen LogP contribution in [0.3, 0.4) is 0 Å². The van der Waals surface area contributed by atoms with Gasteiger partial charge in [0.15, 0.2) is 5.16 Å². The lowest BCUT2D eigenvalue weighted by molar-refractivity contribution is -0.113. The minimum Gasteiger partial charge on any atom is -0.325 e. The molecule has 0 fully saturated rings. The summed E-state index contributed by atoms with van der Waals surface area (Å²) < 4.78 is 27.9. The van der Waals surface area contributed by atoms with Gasteiger partial charge in [0.25, 0.3) is 0 Å². The molecule has 0 saturated heterocycles. The van der Waals surface area contributed by atoms with Crippen molar-refractivity contribution in [3.8, 4) is 5.69 Å². The van der Waals surface area contributed by atoms with E-state index >= 15 is 0 Å². The monoisotopic (exact) mass is 380 g/mol. The van der Waals surface area contributed by atoms with Crippen LogP contribution in [-0.4, -0.2) is 26.4 Å². The minimum atomic E-state index is -0.761. The molecule has 0 aliphatic rings. The Morgan fingerprint density at radius 2 is 1.96 bits per heavy atom. The van der Waals surface area contributed by atoms with E-state index in [9.17, 15) is 13.6 Å². The van der Waals surface area contributed by atoms with Gasteiger partial charge in [-0.2, -0.15) is 0 Å². The highest BCUT2D eigenvalue weighted by Crippen LogP contribution is 2.22. The van der Waals surface area contributed by atoms with Gasteiger partial charge in [-0.05, 0) is 30.3 Å². The van der Waals surface area contributed by atoms with E-state index in [2.05, 4.69) is 15.5 Å². The summed E-state index contributed by atoms with van der Waals surface area (Å²) in [6.07, 6.45) is 1.51. The van der Waals surface area contributed by atoms with Crippen molar-refractivity contribution in [3.63, 3.8) is 0 Å². The van der Waals surface area contributed by atoms with Crippen molar-refractivity contribution >= 4 is 35.0 Å². The van der Waals surface area contributed by atoms with Crippen LogP contribution in [0.1, 0.15) is 0 Å². The summed E-state index contributed by atoms with van der Waals surface area (Å²) in [4.78, 5) is 12.0. The number of benzene rings is 2. The van der Waals surface area contributed by atoms with Crippen molar-refractivity contribution in [1.29, 1.82) is 0 Å². The number of halogens is 3. The zero-order valence-electron chi connectivity index (χ0n) is 12.6. The number of aromatic nitrogens is 3. The summed E-state index contributed by atoms with van der Waals surface area (Å²) in [7, 11) is 0. The van der Waals surface area contributed by atoms with Crippen LogP contribution in [0.2, 0.25) is 5.02 Å². The molecule has 128 valence electrons. The number of amides is 1. The van der Waals surface area contributed by atoms with Crippen molar-refractivity contribution in [2.45, 2.75) is 5.16 Å². The highest BCUT2D eigenvalue weighted by Gasteiger charge is 2.11. The molecule has 0 aliphatic carbocycles. The maximum Gasteiger partial charge on any atom is 0.234 e. The van der Waals surface area contributed by atoms with Crippen LogP contribution in [0.15, 0.2) is 53.9 Å². The standard InChI is InChI=1S/C16H11ClF2N4OS/c17-10-2-1-3-14(4-10)23-9-20-22-16(23)25-8-15(24)21-13-6-11(18)5-12(19)7-13/h1-7,9H,8H2,(H,21,24). The van der Waals surface area contributed by atoms with E-state index in [0.717, 1.165) is 35.6 Å². The van der Waals surface area contributed by atoms with Gasteiger partial charge in [0.2, 0.25) is 5.91 Å². The Labute approximate surface area is 151 Å². The lowest BCUT2D eigenvalue weighted by Gasteiger charge is -2.07. The van der Waals surface area contributed by atoms with E-state index in [1.165, 1.54) is 6.33 Å². The number of hydrogen-bond acceptors (Lipinski definition) is 4. The molecule has 1 aromatic heterocycles. The second-order valence-corrected chi connectivity index (χ2v) is 6.34. The fourth-order valence-corrected chi connectivity index (χ4v) is 2.99. The first-order chi connectivity index (χ1) is 12.0. The van der Waals surface area contributed by atoms with Gasteiger partial charge in [0.05, 0.1) is 11.4 Å². The summed E-state index contributed by atoms with van der Waals surface area (Å²) >= 11 is 7.11. The van der Waals surface area contributed by atoms with E-state index in [1.54, 1.807) is 22.8 Å². The molecule has 25 heavy (non-hydrogen) atoms. The van der Waals surface area contributed by atoms with Gasteiger partial charge in [-0.15, -0.1) is 10.2 Å². The summed E-state index contributed by atoms with van der Waals surface area (Å²) in [6.45, 7) is 0. The molecule has 2 aromatic carbocycles. The first kappa shape index (κ1) is 17.4. The predicted molar refractivity (Wildman–Crippen MR) is 92.1 cm³/mol. The third-order valence-electron chi connectivity index (χ3n) is 3.08. The van der Waals surface area contributed by atoms with Gasteiger partial charge < -0.3 is 5.32 Å². The maximum atomic E-state index is 13.1. The Kier molecular flexibility index (Phi) is 5.30. The molecule has 1 heterocycles. The summed E-state index contributed by atoms with van der Waals surface area (Å²) in [5.41, 5.74) is 0.812. The van der Waals surface area contributed by atoms with Crippen molar-refractivity contribution in [2.24, 2.45) is 0 Å². The molecule has 0 atom stereocenters. The maximum absolute atomic E-state index is 13.1.